The molecular weight excluding hydrogens is 1040 g/mol. The van der Waals surface area contributed by atoms with E-state index >= 15 is 0 Å². The van der Waals surface area contributed by atoms with E-state index in [0.29, 0.717) is 17.4 Å². The molecule has 3 unspecified atom stereocenters. The summed E-state index contributed by atoms with van der Waals surface area (Å²) < 4.78 is 23.4. The van der Waals surface area contributed by atoms with Crippen LogP contribution in [-0.4, -0.2) is 68.5 Å². The molecule has 0 aromatic carbocycles. The van der Waals surface area contributed by atoms with Crippen molar-refractivity contribution < 1.29 is 32.9 Å². The Kier molecular flexibility index (Phi) is 61.5. The summed E-state index contributed by atoms with van der Waals surface area (Å²) >= 11 is 0. The largest absolute Gasteiger partial charge is 0.756 e. The van der Waals surface area contributed by atoms with Gasteiger partial charge in [-0.15, -0.1) is 0 Å². The zero-order valence-electron chi connectivity index (χ0n) is 54.9. The van der Waals surface area contributed by atoms with Gasteiger partial charge in [-0.1, -0.05) is 309 Å². The van der Waals surface area contributed by atoms with Gasteiger partial charge in [0.1, 0.15) is 13.2 Å². The smallest absolute Gasteiger partial charge is 0.268 e. The van der Waals surface area contributed by atoms with Gasteiger partial charge >= 0.3 is 0 Å². The first kappa shape index (κ1) is 80.2. The highest BCUT2D eigenvalue weighted by atomic mass is 31.2. The Labute approximate surface area is 514 Å². The van der Waals surface area contributed by atoms with Gasteiger partial charge in [-0.2, -0.15) is 0 Å². The van der Waals surface area contributed by atoms with Crippen LogP contribution in [0, 0.1) is 0 Å². The second-order valence-electron chi connectivity index (χ2n) is 24.5. The molecule has 0 spiro atoms. The number of hydrogen-bond acceptors (Lipinski definition) is 6. The van der Waals surface area contributed by atoms with Crippen LogP contribution < -0.4 is 10.2 Å². The number of nitrogens with one attached hydrogen (secondary N) is 1. The van der Waals surface area contributed by atoms with E-state index < -0.39 is 26.6 Å². The Morgan fingerprint density at radius 1 is 0.434 bits per heavy atom. The molecule has 0 rings (SSSR count). The van der Waals surface area contributed by atoms with E-state index in [1.54, 1.807) is 6.08 Å². The SMILES string of the molecule is CC/C=C\C/C=C\C/C=C\C/C=C\C/C=C\C/C=C\CCCCCCCCCCCCCCCCCCCCCCC(=O)NC(COP(=O)([O-])OCC[N+](C)(C)C)C(O)/C=C/CC/C=C/CC/C=C/CCCCCCCCCCCCCC. The van der Waals surface area contributed by atoms with Crippen molar-refractivity contribution in [1.29, 1.82) is 0 Å². The quantitative estimate of drug-likeness (QED) is 0.0272. The number of quaternary nitrogens is 1. The number of amides is 1. The molecule has 0 heterocycles. The summed E-state index contributed by atoms with van der Waals surface area (Å²) in [6.07, 6.45) is 93.6. The lowest BCUT2D eigenvalue weighted by Gasteiger charge is -2.29. The van der Waals surface area contributed by atoms with Crippen LogP contribution >= 0.6 is 7.82 Å². The summed E-state index contributed by atoms with van der Waals surface area (Å²) in [5.41, 5.74) is 0. The molecular formula is C74H133N2O6P. The van der Waals surface area contributed by atoms with Crippen LogP contribution in [0.4, 0.5) is 0 Å². The summed E-state index contributed by atoms with van der Waals surface area (Å²) in [5.74, 6) is -0.210. The van der Waals surface area contributed by atoms with Crippen molar-refractivity contribution in [2.45, 2.75) is 315 Å². The Balaban J connectivity index is 4.05. The minimum Gasteiger partial charge on any atom is -0.756 e. The monoisotopic (exact) mass is 1180 g/mol. The molecule has 9 heteroatoms. The number of carbonyl (C=O) groups excluding carboxylic acids is 1. The van der Waals surface area contributed by atoms with Crippen LogP contribution in [0.1, 0.15) is 303 Å². The number of allylic oxidation sites excluding steroid dienone is 17. The number of nitrogens with zero attached hydrogens (tertiary/aromatic N) is 1. The molecule has 0 saturated heterocycles. The second-order valence-corrected chi connectivity index (χ2v) is 25.9. The minimum atomic E-state index is -4.62. The number of hydrogen-bond donors (Lipinski definition) is 2. The molecule has 0 fully saturated rings. The van der Waals surface area contributed by atoms with E-state index in [0.717, 1.165) is 83.5 Å². The molecule has 0 aromatic heterocycles. The van der Waals surface area contributed by atoms with Crippen LogP contribution in [0.3, 0.4) is 0 Å². The fraction of sp³-hybridized carbons (Fsp3) is 0.743. The maximum atomic E-state index is 13.0. The van der Waals surface area contributed by atoms with Crippen LogP contribution in [0.15, 0.2) is 109 Å². The Morgan fingerprint density at radius 2 is 0.747 bits per heavy atom. The van der Waals surface area contributed by atoms with E-state index in [-0.39, 0.29) is 12.5 Å². The van der Waals surface area contributed by atoms with Gasteiger partial charge in [0.25, 0.3) is 7.82 Å². The third-order valence-corrected chi connectivity index (χ3v) is 16.2. The molecule has 0 aliphatic carbocycles. The molecule has 0 bridgehead atoms. The second kappa shape index (κ2) is 63.7. The highest BCUT2D eigenvalue weighted by Gasteiger charge is 2.23. The third kappa shape index (κ3) is 66.5. The number of aliphatic hydroxyl groups excluding tert-OH is 1. The fourth-order valence-corrected chi connectivity index (χ4v) is 10.6. The van der Waals surface area contributed by atoms with E-state index in [1.165, 1.54) is 199 Å². The number of phosphoric ester groups is 1. The Hall–Kier alpha value is -2.84. The first-order valence-corrected chi connectivity index (χ1v) is 36.2. The van der Waals surface area contributed by atoms with E-state index in [1.807, 2.05) is 27.2 Å². The Bertz CT molecular complexity index is 1720. The lowest BCUT2D eigenvalue weighted by atomic mass is 10.0. The van der Waals surface area contributed by atoms with Gasteiger partial charge in [0.15, 0.2) is 0 Å². The van der Waals surface area contributed by atoms with Gasteiger partial charge in [-0.05, 0) is 96.3 Å². The van der Waals surface area contributed by atoms with Gasteiger partial charge in [0.2, 0.25) is 5.91 Å². The van der Waals surface area contributed by atoms with Gasteiger partial charge in [-0.3, -0.25) is 9.36 Å². The van der Waals surface area contributed by atoms with Crippen molar-refractivity contribution in [1.82, 2.24) is 5.32 Å². The lowest BCUT2D eigenvalue weighted by Crippen LogP contribution is -2.45. The molecule has 0 aromatic rings. The molecule has 83 heavy (non-hydrogen) atoms. The van der Waals surface area contributed by atoms with E-state index in [4.69, 9.17) is 9.05 Å². The standard InChI is InChI=1S/C74H133N2O6P/c1-6-8-10-12-14-16-18-20-22-24-26-28-30-31-32-33-34-35-36-37-38-39-40-41-42-43-44-45-46-48-50-52-54-56-58-60-62-64-66-68-74(78)75-72(71-82-83(79,80)81-70-69-76(3,4)5)73(77)67-65-63-61-59-57-55-53-51-49-47-29-27-25-23-21-19-17-15-13-11-9-7-2/h8,10,14,16,20,22,26,28,31-32,34-35,49,51,57,59,65,67,72-73,77H,6-7,9,11-13,15,17-19,21,23-25,27,29-30,33,36-48,50,52-56,58,60-64,66,68-71H2,1-5H3,(H-,75,78,79,80)/b10-8-,16-14-,22-20-,28-26-,32-31-,35-34-,51-49+,59-57+,67-65+. The van der Waals surface area contributed by atoms with Crippen LogP contribution in [-0.2, 0) is 18.4 Å². The van der Waals surface area contributed by atoms with Crippen molar-refractivity contribution in [3.05, 3.63) is 109 Å². The molecule has 0 radical (unpaired) electrons. The van der Waals surface area contributed by atoms with Crippen LogP contribution in [0.25, 0.3) is 0 Å². The zero-order valence-corrected chi connectivity index (χ0v) is 55.8. The van der Waals surface area contributed by atoms with Crippen molar-refractivity contribution in [3.8, 4) is 0 Å². The van der Waals surface area contributed by atoms with Crippen molar-refractivity contribution >= 4 is 13.7 Å². The lowest BCUT2D eigenvalue weighted by molar-refractivity contribution is -0.870. The van der Waals surface area contributed by atoms with Gasteiger partial charge < -0.3 is 28.8 Å². The van der Waals surface area contributed by atoms with E-state index in [9.17, 15) is 19.4 Å². The average molecular weight is 1180 g/mol. The van der Waals surface area contributed by atoms with Crippen LogP contribution in [0.5, 0.6) is 0 Å². The predicted octanol–water partition coefficient (Wildman–Crippen LogP) is 21.6. The predicted molar refractivity (Wildman–Crippen MR) is 362 cm³/mol. The van der Waals surface area contributed by atoms with Crippen molar-refractivity contribution in [3.63, 3.8) is 0 Å². The number of phosphoric acid groups is 1. The summed E-state index contributed by atoms with van der Waals surface area (Å²) in [6, 6.07) is -0.915. The summed E-state index contributed by atoms with van der Waals surface area (Å²) in [4.78, 5) is 25.6. The first-order valence-electron chi connectivity index (χ1n) is 34.7. The van der Waals surface area contributed by atoms with Crippen LogP contribution in [0.2, 0.25) is 0 Å². The first-order chi connectivity index (χ1) is 40.5. The Morgan fingerprint density at radius 3 is 1.12 bits per heavy atom. The zero-order chi connectivity index (χ0) is 60.5. The average Bonchev–Trinajstić information content (AvgIpc) is 3.50. The van der Waals surface area contributed by atoms with Crippen molar-refractivity contribution in [2.75, 3.05) is 40.9 Å². The van der Waals surface area contributed by atoms with Gasteiger partial charge in [-0.25, -0.2) is 0 Å². The number of carbonyl (C=O) groups is 1. The number of rotatable bonds is 63. The summed E-state index contributed by atoms with van der Waals surface area (Å²) in [6.45, 7) is 4.53. The molecule has 8 nitrogen and oxygen atoms in total. The van der Waals surface area contributed by atoms with Crippen molar-refractivity contribution in [2.24, 2.45) is 0 Å². The highest BCUT2D eigenvalue weighted by Crippen LogP contribution is 2.38. The summed E-state index contributed by atoms with van der Waals surface area (Å²) in [7, 11) is 1.24. The number of aliphatic hydroxyl groups is 1. The third-order valence-electron chi connectivity index (χ3n) is 15.2. The number of likely N-dealkylation sites (N-methyl/N-ethyl adjacent to an activating group) is 1. The highest BCUT2D eigenvalue weighted by molar-refractivity contribution is 7.45. The molecule has 2 N–H and O–H groups in total. The topological polar surface area (TPSA) is 108 Å². The molecule has 480 valence electrons. The number of unbranched alkanes of at least 4 members (excludes halogenated alkanes) is 34. The fourth-order valence-electron chi connectivity index (χ4n) is 9.84. The molecule has 0 saturated carbocycles. The van der Waals surface area contributed by atoms with E-state index in [2.05, 4.69) is 116 Å². The normalized spacial score (nSPS) is 14.3. The molecule has 0 aliphatic rings. The molecule has 3 atom stereocenters. The minimum absolute atomic E-state index is 0.0113. The molecule has 1 amide bonds. The maximum Gasteiger partial charge on any atom is 0.268 e. The molecule has 0 aliphatic heterocycles. The maximum absolute atomic E-state index is 13.0. The van der Waals surface area contributed by atoms with Gasteiger partial charge in [0, 0.05) is 6.42 Å². The van der Waals surface area contributed by atoms with Gasteiger partial charge in [0.05, 0.1) is 39.9 Å². The summed E-state index contributed by atoms with van der Waals surface area (Å²) in [5, 5.41) is 13.9.